The smallest absolute Gasteiger partial charge is 0.335 e. The van der Waals surface area contributed by atoms with Crippen LogP contribution in [-0.4, -0.2) is 47.2 Å². The van der Waals surface area contributed by atoms with Gasteiger partial charge in [-0.1, -0.05) is 13.8 Å². The molecule has 6 heteroatoms. The first-order valence-corrected chi connectivity index (χ1v) is 13.6. The molecule has 2 N–H and O–H groups in total. The number of carbonyl (C=O) groups excluding carboxylic acids is 1. The summed E-state index contributed by atoms with van der Waals surface area (Å²) in [6, 6.07) is 3.97. The summed E-state index contributed by atoms with van der Waals surface area (Å²) < 4.78 is 5.22. The van der Waals surface area contributed by atoms with Gasteiger partial charge in [-0.3, -0.25) is 9.69 Å². The fourth-order valence-corrected chi connectivity index (χ4v) is 9.61. The van der Waals surface area contributed by atoms with E-state index < -0.39 is 5.60 Å². The Kier molecular flexibility index (Phi) is 5.31. The lowest BCUT2D eigenvalue weighted by molar-refractivity contribution is -0.204. The van der Waals surface area contributed by atoms with Crippen LogP contribution < -0.4 is 10.9 Å². The van der Waals surface area contributed by atoms with Crippen molar-refractivity contribution in [1.82, 2.24) is 10.2 Å². The van der Waals surface area contributed by atoms with E-state index >= 15 is 0 Å². The van der Waals surface area contributed by atoms with Crippen LogP contribution >= 0.6 is 0 Å². The second-order valence-electron chi connectivity index (χ2n) is 12.6. The van der Waals surface area contributed by atoms with Crippen molar-refractivity contribution in [2.24, 2.45) is 28.6 Å². The van der Waals surface area contributed by atoms with E-state index in [1.54, 1.807) is 6.26 Å². The maximum atomic E-state index is 12.4. The van der Waals surface area contributed by atoms with Crippen LogP contribution in [0.3, 0.4) is 0 Å². The maximum absolute atomic E-state index is 12.4. The van der Waals surface area contributed by atoms with Crippen molar-refractivity contribution in [1.29, 1.82) is 0 Å². The molecule has 1 amide bonds. The summed E-state index contributed by atoms with van der Waals surface area (Å²) in [7, 11) is 0. The molecular formula is C28H40N2O4. The summed E-state index contributed by atoms with van der Waals surface area (Å²) >= 11 is 0. The van der Waals surface area contributed by atoms with Gasteiger partial charge < -0.3 is 14.8 Å². The van der Waals surface area contributed by atoms with Gasteiger partial charge in [0.15, 0.2) is 0 Å². The van der Waals surface area contributed by atoms with Gasteiger partial charge in [0.1, 0.15) is 0 Å². The third-order valence-corrected chi connectivity index (χ3v) is 11.5. The molecule has 1 saturated heterocycles. The van der Waals surface area contributed by atoms with E-state index in [1.807, 2.05) is 6.07 Å². The van der Waals surface area contributed by atoms with E-state index in [4.69, 9.17) is 4.42 Å². The Bertz CT molecular complexity index is 1000. The first kappa shape index (κ1) is 22.8. The Hall–Kier alpha value is -1.66. The largest absolute Gasteiger partial charge is 0.431 e. The number of piperazine rings is 1. The molecule has 6 rings (SSSR count). The fraction of sp³-hybridized carbons (Fsp3) is 0.786. The molecule has 8 unspecified atom stereocenters. The Morgan fingerprint density at radius 2 is 1.88 bits per heavy atom. The molecule has 5 fully saturated rings. The lowest BCUT2D eigenvalue weighted by atomic mass is 9.43. The van der Waals surface area contributed by atoms with Gasteiger partial charge in [0, 0.05) is 30.6 Å². The first-order chi connectivity index (χ1) is 16.2. The van der Waals surface area contributed by atoms with Crippen molar-refractivity contribution in [2.45, 2.75) is 89.2 Å². The third kappa shape index (κ3) is 3.20. The van der Waals surface area contributed by atoms with Gasteiger partial charge >= 0.3 is 5.63 Å². The molecule has 4 saturated carbocycles. The van der Waals surface area contributed by atoms with Crippen LogP contribution in [0.1, 0.15) is 83.1 Å². The van der Waals surface area contributed by atoms with Crippen molar-refractivity contribution >= 4 is 5.91 Å². The Morgan fingerprint density at radius 3 is 2.65 bits per heavy atom. The highest BCUT2D eigenvalue weighted by molar-refractivity contribution is 5.78. The summed E-state index contributed by atoms with van der Waals surface area (Å²) in [5.41, 5.74) is 0.231. The zero-order chi connectivity index (χ0) is 23.7. The highest BCUT2D eigenvalue weighted by Crippen LogP contribution is 2.70. The monoisotopic (exact) mass is 468 g/mol. The van der Waals surface area contributed by atoms with Gasteiger partial charge in [-0.2, -0.15) is 0 Å². The van der Waals surface area contributed by atoms with Gasteiger partial charge in [-0.25, -0.2) is 4.79 Å². The zero-order valence-electron chi connectivity index (χ0n) is 20.7. The first-order valence-electron chi connectivity index (χ1n) is 13.6. The zero-order valence-corrected chi connectivity index (χ0v) is 20.7. The average Bonchev–Trinajstić information content (AvgIpc) is 3.10. The standard InChI is InChI=1S/C28H40N2O4/c1-26-10-7-20(30-14-13-29-24(31)16-30)15-19(26)4-5-23-22(26)8-11-27(2)21(9-12-28(23,27)33)18-3-6-25(32)34-17-18/h3,6,17,19-23,33H,4-5,7-16H2,1-2H3,(H,29,31). The predicted octanol–water partition coefficient (Wildman–Crippen LogP) is 3.68. The molecule has 0 bridgehead atoms. The molecule has 34 heavy (non-hydrogen) atoms. The van der Waals surface area contributed by atoms with Crippen molar-refractivity contribution in [2.75, 3.05) is 19.6 Å². The summed E-state index contributed by atoms with van der Waals surface area (Å²) in [5.74, 6) is 2.03. The van der Waals surface area contributed by atoms with Crippen molar-refractivity contribution in [3.05, 3.63) is 34.4 Å². The number of nitrogens with zero attached hydrogens (tertiary/aromatic N) is 1. The van der Waals surface area contributed by atoms with Crippen LogP contribution in [-0.2, 0) is 4.79 Å². The van der Waals surface area contributed by atoms with Gasteiger partial charge in [0.05, 0.1) is 18.4 Å². The van der Waals surface area contributed by atoms with E-state index in [9.17, 15) is 14.7 Å². The SMILES string of the molecule is CC12CCC(N3CCNC(=O)C3)CC1CCC1C2CCC2(C)C(c3ccc(=O)oc3)CCC12O. The number of amides is 1. The summed E-state index contributed by atoms with van der Waals surface area (Å²) in [5, 5.41) is 15.4. The van der Waals surface area contributed by atoms with Crippen LogP contribution in [0.5, 0.6) is 0 Å². The molecule has 1 aliphatic heterocycles. The molecule has 5 aliphatic rings. The Morgan fingerprint density at radius 1 is 1.03 bits per heavy atom. The second kappa shape index (κ2) is 7.92. The van der Waals surface area contributed by atoms with E-state index in [-0.39, 0.29) is 28.3 Å². The number of hydrogen-bond donors (Lipinski definition) is 2. The van der Waals surface area contributed by atoms with Crippen LogP contribution in [0.4, 0.5) is 0 Å². The van der Waals surface area contributed by atoms with Crippen molar-refractivity contribution in [3.63, 3.8) is 0 Å². The quantitative estimate of drug-likeness (QED) is 0.692. The number of carbonyl (C=O) groups is 1. The summed E-state index contributed by atoms with van der Waals surface area (Å²) in [6.07, 6.45) is 11.5. The molecule has 186 valence electrons. The number of rotatable bonds is 2. The minimum Gasteiger partial charge on any atom is -0.431 e. The molecule has 4 aliphatic carbocycles. The third-order valence-electron chi connectivity index (χ3n) is 11.5. The van der Waals surface area contributed by atoms with E-state index in [0.717, 1.165) is 44.3 Å². The van der Waals surface area contributed by atoms with Gasteiger partial charge in [0.25, 0.3) is 0 Å². The van der Waals surface area contributed by atoms with Gasteiger partial charge in [-0.05, 0) is 98.5 Å². The molecule has 1 aromatic heterocycles. The molecule has 0 aromatic carbocycles. The van der Waals surface area contributed by atoms with E-state index in [1.165, 1.54) is 38.2 Å². The van der Waals surface area contributed by atoms with Gasteiger partial charge in [-0.15, -0.1) is 0 Å². The van der Waals surface area contributed by atoms with Crippen molar-refractivity contribution in [3.8, 4) is 0 Å². The topological polar surface area (TPSA) is 82.8 Å². The number of nitrogens with one attached hydrogen (secondary N) is 1. The van der Waals surface area contributed by atoms with Crippen molar-refractivity contribution < 1.29 is 14.3 Å². The molecule has 1 aromatic rings. The van der Waals surface area contributed by atoms with E-state index in [2.05, 4.69) is 24.1 Å². The minimum atomic E-state index is -0.646. The number of aliphatic hydroxyl groups is 1. The lowest BCUT2D eigenvalue weighted by Crippen LogP contribution is -2.63. The Balaban J connectivity index is 1.23. The van der Waals surface area contributed by atoms with Crippen LogP contribution in [0.15, 0.2) is 27.6 Å². The van der Waals surface area contributed by atoms with Crippen LogP contribution in [0, 0.1) is 28.6 Å². The summed E-state index contributed by atoms with van der Waals surface area (Å²) in [4.78, 5) is 25.9. The average molecular weight is 469 g/mol. The highest BCUT2D eigenvalue weighted by Gasteiger charge is 2.67. The Labute approximate surface area is 202 Å². The highest BCUT2D eigenvalue weighted by atomic mass is 16.4. The maximum Gasteiger partial charge on any atom is 0.335 e. The molecule has 0 spiro atoms. The fourth-order valence-electron chi connectivity index (χ4n) is 9.61. The molecule has 2 heterocycles. The van der Waals surface area contributed by atoms with Crippen LogP contribution in [0.25, 0.3) is 0 Å². The van der Waals surface area contributed by atoms with Crippen LogP contribution in [0.2, 0.25) is 0 Å². The molecule has 6 nitrogen and oxygen atoms in total. The number of hydrogen-bond acceptors (Lipinski definition) is 5. The van der Waals surface area contributed by atoms with E-state index in [0.29, 0.717) is 30.3 Å². The molecular weight excluding hydrogens is 428 g/mol. The lowest BCUT2D eigenvalue weighted by Gasteiger charge is -2.64. The molecule has 0 radical (unpaired) electrons. The normalized spacial score (nSPS) is 46.8. The molecule has 8 atom stereocenters. The number of fused-ring (bicyclic) bond motifs is 5. The second-order valence-corrected chi connectivity index (χ2v) is 12.6. The van der Waals surface area contributed by atoms with Gasteiger partial charge in [0.2, 0.25) is 5.91 Å². The predicted molar refractivity (Wildman–Crippen MR) is 129 cm³/mol. The minimum absolute atomic E-state index is 0.171. The summed E-state index contributed by atoms with van der Waals surface area (Å²) in [6.45, 7) is 7.14.